The SMILES string of the molecule is CC(C)c1cccc2c1N(C)C(C(=O)O)CS2. The second-order valence-corrected chi connectivity index (χ2v) is 5.69. The van der Waals surface area contributed by atoms with Gasteiger partial charge in [-0.05, 0) is 17.5 Å². The van der Waals surface area contributed by atoms with E-state index in [4.69, 9.17) is 0 Å². The molecule has 2 rings (SSSR count). The Labute approximate surface area is 106 Å². The normalized spacial score (nSPS) is 19.3. The van der Waals surface area contributed by atoms with Gasteiger partial charge in [0.15, 0.2) is 0 Å². The Hall–Kier alpha value is -1.16. The minimum Gasteiger partial charge on any atom is -0.480 e. The van der Waals surface area contributed by atoms with Gasteiger partial charge in [-0.15, -0.1) is 11.8 Å². The van der Waals surface area contributed by atoms with Crippen molar-refractivity contribution in [3.05, 3.63) is 23.8 Å². The molecule has 1 heterocycles. The topological polar surface area (TPSA) is 40.5 Å². The molecule has 1 aromatic rings. The molecule has 0 amide bonds. The van der Waals surface area contributed by atoms with Crippen LogP contribution in [0.1, 0.15) is 25.3 Å². The van der Waals surface area contributed by atoms with Crippen molar-refractivity contribution in [3.63, 3.8) is 0 Å². The highest BCUT2D eigenvalue weighted by Gasteiger charge is 2.31. The summed E-state index contributed by atoms with van der Waals surface area (Å²) in [5.41, 5.74) is 2.31. The van der Waals surface area contributed by atoms with Gasteiger partial charge in [-0.3, -0.25) is 0 Å². The first kappa shape index (κ1) is 12.3. The molecule has 4 heteroatoms. The lowest BCUT2D eigenvalue weighted by atomic mass is 9.99. The smallest absolute Gasteiger partial charge is 0.327 e. The number of carbonyl (C=O) groups is 1. The molecular formula is C13H17NO2S. The second kappa shape index (κ2) is 4.61. The number of para-hydroxylation sites is 1. The van der Waals surface area contributed by atoms with Crippen LogP contribution in [0, 0.1) is 0 Å². The second-order valence-electron chi connectivity index (χ2n) is 4.62. The number of carboxylic acid groups (broad SMARTS) is 1. The predicted octanol–water partition coefficient (Wildman–Crippen LogP) is 2.81. The highest BCUT2D eigenvalue weighted by molar-refractivity contribution is 7.99. The van der Waals surface area contributed by atoms with E-state index in [1.165, 1.54) is 10.5 Å². The Balaban J connectivity index is 2.49. The minimum atomic E-state index is -0.746. The number of carboxylic acids is 1. The molecule has 0 fully saturated rings. The molecule has 1 unspecified atom stereocenters. The van der Waals surface area contributed by atoms with Crippen LogP contribution in [0.3, 0.4) is 0 Å². The highest BCUT2D eigenvalue weighted by Crippen LogP contribution is 2.41. The van der Waals surface area contributed by atoms with Gasteiger partial charge in [0.05, 0.1) is 5.69 Å². The maximum Gasteiger partial charge on any atom is 0.327 e. The number of aliphatic carboxylic acids is 1. The van der Waals surface area contributed by atoms with E-state index in [0.717, 1.165) is 5.69 Å². The van der Waals surface area contributed by atoms with Crippen LogP contribution in [0.15, 0.2) is 23.1 Å². The van der Waals surface area contributed by atoms with Crippen molar-refractivity contribution < 1.29 is 9.90 Å². The number of hydrogen-bond donors (Lipinski definition) is 1. The number of anilines is 1. The summed E-state index contributed by atoms with van der Waals surface area (Å²) in [7, 11) is 1.88. The Morgan fingerprint density at radius 3 is 2.82 bits per heavy atom. The van der Waals surface area contributed by atoms with Gasteiger partial charge >= 0.3 is 5.97 Å². The van der Waals surface area contributed by atoms with Gasteiger partial charge in [-0.25, -0.2) is 4.79 Å². The van der Waals surface area contributed by atoms with Gasteiger partial charge in [-0.1, -0.05) is 26.0 Å². The number of fused-ring (bicyclic) bond motifs is 1. The summed E-state index contributed by atoms with van der Waals surface area (Å²) in [6, 6.07) is 5.79. The molecule has 1 aromatic carbocycles. The molecule has 0 saturated carbocycles. The quantitative estimate of drug-likeness (QED) is 0.877. The number of rotatable bonds is 2. The molecular weight excluding hydrogens is 234 g/mol. The lowest BCUT2D eigenvalue weighted by molar-refractivity contribution is -0.138. The van der Waals surface area contributed by atoms with Crippen LogP contribution in [0.25, 0.3) is 0 Å². The summed E-state index contributed by atoms with van der Waals surface area (Å²) in [6.07, 6.45) is 0. The molecule has 92 valence electrons. The van der Waals surface area contributed by atoms with Crippen LogP contribution in [-0.4, -0.2) is 29.9 Å². The maximum atomic E-state index is 11.2. The van der Waals surface area contributed by atoms with Crippen molar-refractivity contribution in [1.82, 2.24) is 0 Å². The van der Waals surface area contributed by atoms with Crippen LogP contribution in [0.2, 0.25) is 0 Å². The van der Waals surface area contributed by atoms with E-state index in [0.29, 0.717) is 11.7 Å². The minimum absolute atomic E-state index is 0.403. The third-order valence-electron chi connectivity index (χ3n) is 3.15. The van der Waals surface area contributed by atoms with Crippen LogP contribution in [-0.2, 0) is 4.79 Å². The van der Waals surface area contributed by atoms with E-state index in [-0.39, 0.29) is 0 Å². The number of likely N-dealkylation sites (N-methyl/N-ethyl adjacent to an activating group) is 1. The maximum absolute atomic E-state index is 11.2. The van der Waals surface area contributed by atoms with E-state index in [1.54, 1.807) is 11.8 Å². The lowest BCUT2D eigenvalue weighted by Crippen LogP contribution is -2.43. The van der Waals surface area contributed by atoms with Crippen LogP contribution in [0.4, 0.5) is 5.69 Å². The Morgan fingerprint density at radius 1 is 1.53 bits per heavy atom. The third-order valence-corrected chi connectivity index (χ3v) is 4.28. The van der Waals surface area contributed by atoms with E-state index in [1.807, 2.05) is 11.9 Å². The molecule has 17 heavy (non-hydrogen) atoms. The zero-order valence-corrected chi connectivity index (χ0v) is 11.1. The molecule has 0 bridgehead atoms. The molecule has 1 N–H and O–H groups in total. The standard InChI is InChI=1S/C13H17NO2S/c1-8(2)9-5-4-6-11-12(9)14(3)10(7-17-11)13(15)16/h4-6,8,10H,7H2,1-3H3,(H,15,16). The van der Waals surface area contributed by atoms with Crippen molar-refractivity contribution in [2.75, 3.05) is 17.7 Å². The summed E-state index contributed by atoms with van der Waals surface area (Å²) in [4.78, 5) is 14.3. The van der Waals surface area contributed by atoms with Crippen molar-refractivity contribution in [3.8, 4) is 0 Å². The van der Waals surface area contributed by atoms with Gasteiger partial charge < -0.3 is 10.0 Å². The fraction of sp³-hybridized carbons (Fsp3) is 0.462. The Bertz CT molecular complexity index is 445. The molecule has 1 atom stereocenters. The molecule has 0 aromatic heterocycles. The van der Waals surface area contributed by atoms with Crippen molar-refractivity contribution in [2.24, 2.45) is 0 Å². The molecule has 3 nitrogen and oxygen atoms in total. The average Bonchev–Trinajstić information content (AvgIpc) is 2.28. The summed E-state index contributed by atoms with van der Waals surface area (Å²) < 4.78 is 0. The third kappa shape index (κ3) is 2.14. The first-order chi connectivity index (χ1) is 8.02. The van der Waals surface area contributed by atoms with E-state index in [9.17, 15) is 9.90 Å². The largest absolute Gasteiger partial charge is 0.480 e. The monoisotopic (exact) mass is 251 g/mol. The number of benzene rings is 1. The molecule has 1 aliphatic heterocycles. The number of thioether (sulfide) groups is 1. The van der Waals surface area contributed by atoms with Crippen LogP contribution in [0.5, 0.6) is 0 Å². The molecule has 0 spiro atoms. The van der Waals surface area contributed by atoms with Gasteiger partial charge in [0, 0.05) is 17.7 Å². The van der Waals surface area contributed by atoms with E-state index >= 15 is 0 Å². The predicted molar refractivity (Wildman–Crippen MR) is 71.1 cm³/mol. The van der Waals surface area contributed by atoms with E-state index in [2.05, 4.69) is 32.0 Å². The van der Waals surface area contributed by atoms with Gasteiger partial charge in [0.1, 0.15) is 6.04 Å². The summed E-state index contributed by atoms with van der Waals surface area (Å²) in [6.45, 7) is 4.27. The highest BCUT2D eigenvalue weighted by atomic mass is 32.2. The number of nitrogens with zero attached hydrogens (tertiary/aromatic N) is 1. The van der Waals surface area contributed by atoms with Gasteiger partial charge in [0.25, 0.3) is 0 Å². The zero-order chi connectivity index (χ0) is 12.6. The first-order valence-electron chi connectivity index (χ1n) is 5.73. The lowest BCUT2D eigenvalue weighted by Gasteiger charge is -2.35. The van der Waals surface area contributed by atoms with Crippen molar-refractivity contribution >= 4 is 23.4 Å². The zero-order valence-electron chi connectivity index (χ0n) is 10.3. The fourth-order valence-corrected chi connectivity index (χ4v) is 3.45. The molecule has 1 aliphatic rings. The van der Waals surface area contributed by atoms with Crippen LogP contribution < -0.4 is 4.90 Å². The van der Waals surface area contributed by atoms with Gasteiger partial charge in [-0.2, -0.15) is 0 Å². The fourth-order valence-electron chi connectivity index (χ4n) is 2.17. The van der Waals surface area contributed by atoms with Crippen LogP contribution >= 0.6 is 11.8 Å². The Morgan fingerprint density at radius 2 is 2.24 bits per heavy atom. The summed E-state index contributed by atoms with van der Waals surface area (Å²) >= 11 is 1.64. The first-order valence-corrected chi connectivity index (χ1v) is 6.72. The van der Waals surface area contributed by atoms with Gasteiger partial charge in [0.2, 0.25) is 0 Å². The van der Waals surface area contributed by atoms with Crippen molar-refractivity contribution in [2.45, 2.75) is 30.7 Å². The Kier molecular flexibility index (Phi) is 3.33. The average molecular weight is 251 g/mol. The molecule has 0 radical (unpaired) electrons. The van der Waals surface area contributed by atoms with E-state index < -0.39 is 12.0 Å². The molecule has 0 aliphatic carbocycles. The number of hydrogen-bond acceptors (Lipinski definition) is 3. The summed E-state index contributed by atoms with van der Waals surface area (Å²) in [5.74, 6) is 0.269. The summed E-state index contributed by atoms with van der Waals surface area (Å²) in [5, 5.41) is 9.21. The molecule has 0 saturated heterocycles. The van der Waals surface area contributed by atoms with Crippen molar-refractivity contribution in [1.29, 1.82) is 0 Å².